The molecular weight excluding hydrogens is 240 g/mol. The smallest absolute Gasteiger partial charge is 0.165 e. The quantitative estimate of drug-likeness (QED) is 0.881. The predicted molar refractivity (Wildman–Crippen MR) is 73.6 cm³/mol. The Hall–Kier alpha value is -2.48. The number of rotatable bonds is 3. The van der Waals surface area contributed by atoms with Gasteiger partial charge in [-0.05, 0) is 39.0 Å². The number of hydrogen-bond donors (Lipinski definition) is 2. The van der Waals surface area contributed by atoms with Crippen molar-refractivity contribution in [2.24, 2.45) is 0 Å². The van der Waals surface area contributed by atoms with Gasteiger partial charge in [-0.25, -0.2) is 4.98 Å². The number of hydrogen-bond acceptors (Lipinski definition) is 5. The first-order valence-electron chi connectivity index (χ1n) is 6.01. The number of furan rings is 1. The van der Waals surface area contributed by atoms with E-state index >= 15 is 0 Å². The zero-order valence-corrected chi connectivity index (χ0v) is 11.2. The van der Waals surface area contributed by atoms with Crippen LogP contribution in [0.25, 0.3) is 0 Å². The number of aryl methyl sites for hydroxylation is 2. The molecule has 0 bridgehead atoms. The Bertz CT molecular complexity index is 639. The second-order valence-corrected chi connectivity index (χ2v) is 4.48. The molecule has 19 heavy (non-hydrogen) atoms. The molecule has 0 saturated carbocycles. The summed E-state index contributed by atoms with van der Waals surface area (Å²) >= 11 is 0. The molecule has 2 heterocycles. The van der Waals surface area contributed by atoms with E-state index in [2.05, 4.69) is 10.3 Å². The van der Waals surface area contributed by atoms with Crippen LogP contribution in [0.5, 0.6) is 0 Å². The fourth-order valence-electron chi connectivity index (χ4n) is 2.02. The fourth-order valence-corrected chi connectivity index (χ4v) is 2.02. The van der Waals surface area contributed by atoms with Crippen LogP contribution in [0.1, 0.15) is 35.7 Å². The zero-order valence-electron chi connectivity index (χ0n) is 11.2. The third-order valence-corrected chi connectivity index (χ3v) is 2.94. The summed E-state index contributed by atoms with van der Waals surface area (Å²) in [4.78, 5) is 4.16. The summed E-state index contributed by atoms with van der Waals surface area (Å²) in [6, 6.07) is 7.44. The largest absolute Gasteiger partial charge is 0.466 e. The molecule has 3 N–H and O–H groups in total. The predicted octanol–water partition coefficient (Wildman–Crippen LogP) is 2.92. The summed E-state index contributed by atoms with van der Waals surface area (Å²) in [7, 11) is 0. The molecule has 1 unspecified atom stereocenters. The van der Waals surface area contributed by atoms with Gasteiger partial charge in [0.05, 0.1) is 11.7 Å². The number of anilines is 2. The molecule has 2 aromatic rings. The highest BCUT2D eigenvalue weighted by Gasteiger charge is 2.13. The van der Waals surface area contributed by atoms with Crippen molar-refractivity contribution in [1.29, 1.82) is 5.26 Å². The Morgan fingerprint density at radius 2 is 2.16 bits per heavy atom. The molecule has 1 atom stereocenters. The number of nitrogens with two attached hydrogens (primary N) is 1. The first-order chi connectivity index (χ1) is 9.01. The molecule has 0 aromatic carbocycles. The molecule has 0 radical (unpaired) electrons. The SMILES string of the molecule is Cc1cc(C(C)Nc2ccc(N)c(C#N)n2)c(C)o1. The van der Waals surface area contributed by atoms with E-state index in [0.717, 1.165) is 17.1 Å². The van der Waals surface area contributed by atoms with Crippen molar-refractivity contribution < 1.29 is 4.42 Å². The third-order valence-electron chi connectivity index (χ3n) is 2.94. The van der Waals surface area contributed by atoms with Gasteiger partial charge in [-0.3, -0.25) is 0 Å². The van der Waals surface area contributed by atoms with Crippen molar-refractivity contribution in [2.75, 3.05) is 11.1 Å². The molecular formula is C14H16N4O. The van der Waals surface area contributed by atoms with E-state index in [1.165, 1.54) is 0 Å². The van der Waals surface area contributed by atoms with E-state index in [0.29, 0.717) is 11.5 Å². The summed E-state index contributed by atoms with van der Waals surface area (Å²) in [5.41, 5.74) is 7.34. The minimum atomic E-state index is 0.0418. The van der Waals surface area contributed by atoms with Gasteiger partial charge in [-0.2, -0.15) is 5.26 Å². The van der Waals surface area contributed by atoms with Crippen molar-refractivity contribution in [2.45, 2.75) is 26.8 Å². The fraction of sp³-hybridized carbons (Fsp3) is 0.286. The van der Waals surface area contributed by atoms with Crippen LogP contribution in [-0.2, 0) is 0 Å². The molecule has 0 aliphatic heterocycles. The number of nitriles is 1. The Balaban J connectivity index is 2.22. The highest BCUT2D eigenvalue weighted by atomic mass is 16.3. The van der Waals surface area contributed by atoms with Gasteiger partial charge in [0.1, 0.15) is 23.4 Å². The van der Waals surface area contributed by atoms with Crippen molar-refractivity contribution >= 4 is 11.5 Å². The van der Waals surface area contributed by atoms with Gasteiger partial charge in [0.15, 0.2) is 5.69 Å². The summed E-state index contributed by atoms with van der Waals surface area (Å²) in [5.74, 6) is 2.38. The van der Waals surface area contributed by atoms with E-state index in [-0.39, 0.29) is 11.7 Å². The van der Waals surface area contributed by atoms with Gasteiger partial charge in [0.25, 0.3) is 0 Å². The number of nitrogen functional groups attached to an aromatic ring is 1. The lowest BCUT2D eigenvalue weighted by atomic mass is 10.1. The van der Waals surface area contributed by atoms with Gasteiger partial charge in [-0.1, -0.05) is 0 Å². The second-order valence-electron chi connectivity index (χ2n) is 4.48. The molecule has 2 aromatic heterocycles. The number of nitrogens with zero attached hydrogens (tertiary/aromatic N) is 2. The minimum absolute atomic E-state index is 0.0418. The van der Waals surface area contributed by atoms with E-state index in [4.69, 9.17) is 15.4 Å². The second kappa shape index (κ2) is 5.02. The van der Waals surface area contributed by atoms with Crippen LogP contribution in [0.15, 0.2) is 22.6 Å². The van der Waals surface area contributed by atoms with Crippen LogP contribution >= 0.6 is 0 Å². The molecule has 0 aliphatic carbocycles. The molecule has 0 amide bonds. The lowest BCUT2D eigenvalue weighted by Crippen LogP contribution is -2.09. The molecule has 0 fully saturated rings. The van der Waals surface area contributed by atoms with E-state index in [9.17, 15) is 0 Å². The molecule has 98 valence electrons. The molecule has 0 aliphatic rings. The van der Waals surface area contributed by atoms with Crippen LogP contribution in [0.2, 0.25) is 0 Å². The minimum Gasteiger partial charge on any atom is -0.466 e. The Morgan fingerprint density at radius 3 is 2.74 bits per heavy atom. The van der Waals surface area contributed by atoms with E-state index in [1.807, 2.05) is 32.9 Å². The maximum atomic E-state index is 8.91. The molecule has 0 saturated heterocycles. The third kappa shape index (κ3) is 2.68. The number of aromatic nitrogens is 1. The van der Waals surface area contributed by atoms with Crippen LogP contribution in [0.3, 0.4) is 0 Å². The summed E-state index contributed by atoms with van der Waals surface area (Å²) < 4.78 is 5.50. The summed E-state index contributed by atoms with van der Waals surface area (Å²) in [6.07, 6.45) is 0. The van der Waals surface area contributed by atoms with Crippen LogP contribution in [0.4, 0.5) is 11.5 Å². The number of pyridine rings is 1. The van der Waals surface area contributed by atoms with Crippen LogP contribution in [-0.4, -0.2) is 4.98 Å². The van der Waals surface area contributed by atoms with E-state index in [1.54, 1.807) is 12.1 Å². The Morgan fingerprint density at radius 1 is 1.42 bits per heavy atom. The van der Waals surface area contributed by atoms with Gasteiger partial charge < -0.3 is 15.5 Å². The topological polar surface area (TPSA) is 87.9 Å². The normalized spacial score (nSPS) is 11.9. The summed E-state index contributed by atoms with van der Waals surface area (Å²) in [5, 5.41) is 12.1. The molecule has 2 rings (SSSR count). The highest BCUT2D eigenvalue weighted by Crippen LogP contribution is 2.24. The average molecular weight is 256 g/mol. The standard InChI is InChI=1S/C14H16N4O/c1-8-6-11(10(3)19-8)9(2)17-14-5-4-12(16)13(7-15)18-14/h4-6,9H,16H2,1-3H3,(H,17,18). The van der Waals surface area contributed by atoms with Gasteiger partial charge in [0.2, 0.25) is 0 Å². The van der Waals surface area contributed by atoms with Crippen LogP contribution in [0, 0.1) is 25.2 Å². The van der Waals surface area contributed by atoms with Gasteiger partial charge in [-0.15, -0.1) is 0 Å². The average Bonchev–Trinajstić information content (AvgIpc) is 2.71. The first-order valence-corrected chi connectivity index (χ1v) is 6.01. The summed E-state index contributed by atoms with van der Waals surface area (Å²) in [6.45, 7) is 5.86. The molecule has 5 heteroatoms. The van der Waals surface area contributed by atoms with Crippen molar-refractivity contribution in [1.82, 2.24) is 4.98 Å². The molecule has 0 spiro atoms. The maximum Gasteiger partial charge on any atom is 0.165 e. The number of nitrogens with one attached hydrogen (secondary N) is 1. The highest BCUT2D eigenvalue weighted by molar-refractivity contribution is 5.55. The monoisotopic (exact) mass is 256 g/mol. The van der Waals surface area contributed by atoms with Gasteiger partial charge >= 0.3 is 0 Å². The first kappa shape index (κ1) is 13.0. The Labute approximate surface area is 112 Å². The van der Waals surface area contributed by atoms with E-state index < -0.39 is 0 Å². The zero-order chi connectivity index (χ0) is 14.0. The van der Waals surface area contributed by atoms with Crippen molar-refractivity contribution in [3.8, 4) is 6.07 Å². The van der Waals surface area contributed by atoms with Gasteiger partial charge in [0, 0.05) is 5.56 Å². The maximum absolute atomic E-state index is 8.91. The molecule has 5 nitrogen and oxygen atoms in total. The van der Waals surface area contributed by atoms with Crippen molar-refractivity contribution in [3.05, 3.63) is 41.0 Å². The van der Waals surface area contributed by atoms with Crippen molar-refractivity contribution in [3.63, 3.8) is 0 Å². The van der Waals surface area contributed by atoms with Crippen LogP contribution < -0.4 is 11.1 Å². The lowest BCUT2D eigenvalue weighted by molar-refractivity contribution is 0.500. The lowest BCUT2D eigenvalue weighted by Gasteiger charge is -2.14. The Kier molecular flexibility index (Phi) is 3.43.